The van der Waals surface area contributed by atoms with Gasteiger partial charge in [-0.1, -0.05) is 28.1 Å². The fourth-order valence-corrected chi connectivity index (χ4v) is 1.49. The van der Waals surface area contributed by atoms with Crippen molar-refractivity contribution in [3.8, 4) is 11.3 Å². The van der Waals surface area contributed by atoms with Gasteiger partial charge in [0.15, 0.2) is 5.28 Å². The van der Waals surface area contributed by atoms with Crippen LogP contribution in [0.2, 0.25) is 5.28 Å². The maximum absolute atomic E-state index is 5.67. The molecule has 2 rings (SSSR count). The minimum absolute atomic E-state index is 0.415. The van der Waals surface area contributed by atoms with Crippen LogP contribution >= 0.6 is 27.5 Å². The number of hydrogen-bond donors (Lipinski definition) is 1. The first-order chi connectivity index (χ1) is 6.25. The number of rotatable bonds is 1. The predicted molar refractivity (Wildman–Crippen MR) is 56.7 cm³/mol. The minimum atomic E-state index is 0.415. The Balaban J connectivity index is 2.41. The van der Waals surface area contributed by atoms with Crippen LogP contribution in [0.15, 0.2) is 34.9 Å². The molecule has 0 spiro atoms. The van der Waals surface area contributed by atoms with E-state index >= 15 is 0 Å². The third kappa shape index (κ3) is 1.92. The standard InChI is InChI=1S/C9H6BrClN2/c10-7-3-1-6(2-4-7)8-5-12-9(11)13-8/h1-5H,(H,12,13). The summed E-state index contributed by atoms with van der Waals surface area (Å²) in [5.41, 5.74) is 2.00. The molecule has 0 saturated carbocycles. The van der Waals surface area contributed by atoms with E-state index in [0.717, 1.165) is 15.7 Å². The van der Waals surface area contributed by atoms with E-state index in [1.807, 2.05) is 24.3 Å². The highest BCUT2D eigenvalue weighted by molar-refractivity contribution is 9.10. The Labute approximate surface area is 89.1 Å². The molecule has 0 saturated heterocycles. The third-order valence-corrected chi connectivity index (χ3v) is 2.42. The van der Waals surface area contributed by atoms with Crippen molar-refractivity contribution in [2.24, 2.45) is 0 Å². The number of benzene rings is 1. The zero-order valence-corrected chi connectivity index (χ0v) is 8.93. The Kier molecular flexibility index (Phi) is 2.38. The summed E-state index contributed by atoms with van der Waals surface area (Å²) < 4.78 is 1.06. The quantitative estimate of drug-likeness (QED) is 0.832. The highest BCUT2D eigenvalue weighted by Crippen LogP contribution is 2.20. The molecule has 0 bridgehead atoms. The number of aromatic nitrogens is 2. The lowest BCUT2D eigenvalue weighted by atomic mass is 10.2. The molecule has 2 nitrogen and oxygen atoms in total. The summed E-state index contributed by atoms with van der Waals surface area (Å²) in [7, 11) is 0. The topological polar surface area (TPSA) is 28.7 Å². The van der Waals surface area contributed by atoms with Crippen LogP contribution in [0.5, 0.6) is 0 Å². The van der Waals surface area contributed by atoms with Crippen LogP contribution in [0.1, 0.15) is 0 Å². The first kappa shape index (κ1) is 8.78. The molecule has 66 valence electrons. The van der Waals surface area contributed by atoms with Gasteiger partial charge in [-0.2, -0.15) is 0 Å². The number of imidazole rings is 1. The molecule has 1 N–H and O–H groups in total. The van der Waals surface area contributed by atoms with Crippen LogP contribution in [-0.2, 0) is 0 Å². The van der Waals surface area contributed by atoms with Crippen LogP contribution in [0.25, 0.3) is 11.3 Å². The van der Waals surface area contributed by atoms with E-state index < -0.39 is 0 Å². The molecule has 0 atom stereocenters. The molecule has 1 aromatic carbocycles. The number of H-pyrrole nitrogens is 1. The Morgan fingerprint density at radius 3 is 2.46 bits per heavy atom. The third-order valence-electron chi connectivity index (χ3n) is 1.70. The SMILES string of the molecule is Clc1ncc(-c2ccc(Br)cc2)[nH]1. The molecule has 13 heavy (non-hydrogen) atoms. The van der Waals surface area contributed by atoms with Gasteiger partial charge in [0.2, 0.25) is 0 Å². The Morgan fingerprint density at radius 2 is 1.92 bits per heavy atom. The van der Waals surface area contributed by atoms with Crippen molar-refractivity contribution >= 4 is 27.5 Å². The van der Waals surface area contributed by atoms with E-state index in [9.17, 15) is 0 Å². The summed E-state index contributed by atoms with van der Waals surface area (Å²) in [4.78, 5) is 6.86. The second kappa shape index (κ2) is 3.52. The fourth-order valence-electron chi connectivity index (χ4n) is 1.07. The van der Waals surface area contributed by atoms with Gasteiger partial charge >= 0.3 is 0 Å². The first-order valence-corrected chi connectivity index (χ1v) is 4.89. The molecule has 1 aromatic heterocycles. The number of hydrogen-bond acceptors (Lipinski definition) is 1. The number of nitrogens with one attached hydrogen (secondary N) is 1. The monoisotopic (exact) mass is 256 g/mol. The first-order valence-electron chi connectivity index (χ1n) is 3.72. The van der Waals surface area contributed by atoms with E-state index in [4.69, 9.17) is 11.6 Å². The Hall–Kier alpha value is -0.800. The molecule has 0 aliphatic heterocycles. The molecule has 0 amide bonds. The molecule has 0 aliphatic rings. The largest absolute Gasteiger partial charge is 0.329 e. The van der Waals surface area contributed by atoms with Gasteiger partial charge in [0.05, 0.1) is 11.9 Å². The van der Waals surface area contributed by atoms with Crippen molar-refractivity contribution in [3.63, 3.8) is 0 Å². The van der Waals surface area contributed by atoms with E-state index in [2.05, 4.69) is 25.9 Å². The summed E-state index contributed by atoms with van der Waals surface area (Å²) in [6, 6.07) is 7.94. The number of nitrogens with zero attached hydrogens (tertiary/aromatic N) is 1. The average molecular weight is 258 g/mol. The lowest BCUT2D eigenvalue weighted by Crippen LogP contribution is -1.75. The van der Waals surface area contributed by atoms with Gasteiger partial charge in [-0.3, -0.25) is 0 Å². The predicted octanol–water partition coefficient (Wildman–Crippen LogP) is 3.49. The van der Waals surface area contributed by atoms with E-state index in [-0.39, 0.29) is 0 Å². The van der Waals surface area contributed by atoms with Gasteiger partial charge in [0.1, 0.15) is 0 Å². The summed E-state index contributed by atoms with van der Waals surface area (Å²) in [5, 5.41) is 0.415. The van der Waals surface area contributed by atoms with Gasteiger partial charge in [-0.25, -0.2) is 4.98 Å². The maximum atomic E-state index is 5.67. The minimum Gasteiger partial charge on any atom is -0.329 e. The zero-order chi connectivity index (χ0) is 9.26. The summed E-state index contributed by atoms with van der Waals surface area (Å²) in [5.74, 6) is 0. The molecular weight excluding hydrogens is 251 g/mol. The molecule has 0 unspecified atom stereocenters. The van der Waals surface area contributed by atoms with Crippen molar-refractivity contribution in [2.45, 2.75) is 0 Å². The van der Waals surface area contributed by atoms with Crippen molar-refractivity contribution in [1.29, 1.82) is 0 Å². The van der Waals surface area contributed by atoms with Gasteiger partial charge in [0, 0.05) is 4.47 Å². The van der Waals surface area contributed by atoms with Crippen LogP contribution in [-0.4, -0.2) is 9.97 Å². The second-order valence-electron chi connectivity index (χ2n) is 2.59. The van der Waals surface area contributed by atoms with Crippen LogP contribution in [0.4, 0.5) is 0 Å². The summed E-state index contributed by atoms with van der Waals surface area (Å²) in [6.07, 6.45) is 1.71. The molecule has 0 aliphatic carbocycles. The summed E-state index contributed by atoms with van der Waals surface area (Å²) in [6.45, 7) is 0. The maximum Gasteiger partial charge on any atom is 0.200 e. The Bertz CT molecular complexity index is 408. The van der Waals surface area contributed by atoms with Crippen LogP contribution < -0.4 is 0 Å². The highest BCUT2D eigenvalue weighted by atomic mass is 79.9. The van der Waals surface area contributed by atoms with Gasteiger partial charge in [-0.15, -0.1) is 0 Å². The van der Waals surface area contributed by atoms with Crippen LogP contribution in [0.3, 0.4) is 0 Å². The van der Waals surface area contributed by atoms with E-state index in [1.165, 1.54) is 0 Å². The summed E-state index contributed by atoms with van der Waals surface area (Å²) >= 11 is 9.04. The molecule has 2 aromatic rings. The fraction of sp³-hybridized carbons (Fsp3) is 0. The van der Waals surface area contributed by atoms with E-state index in [1.54, 1.807) is 6.20 Å². The highest BCUT2D eigenvalue weighted by Gasteiger charge is 2.00. The van der Waals surface area contributed by atoms with E-state index in [0.29, 0.717) is 5.28 Å². The number of aromatic amines is 1. The number of halogens is 2. The Morgan fingerprint density at radius 1 is 1.23 bits per heavy atom. The van der Waals surface area contributed by atoms with Gasteiger partial charge < -0.3 is 4.98 Å². The van der Waals surface area contributed by atoms with Crippen molar-refractivity contribution in [1.82, 2.24) is 9.97 Å². The zero-order valence-electron chi connectivity index (χ0n) is 6.59. The molecule has 0 fully saturated rings. The molecule has 4 heteroatoms. The van der Waals surface area contributed by atoms with Crippen molar-refractivity contribution < 1.29 is 0 Å². The van der Waals surface area contributed by atoms with Crippen molar-refractivity contribution in [3.05, 3.63) is 40.2 Å². The van der Waals surface area contributed by atoms with Crippen molar-refractivity contribution in [2.75, 3.05) is 0 Å². The lowest BCUT2D eigenvalue weighted by Gasteiger charge is -1.96. The van der Waals surface area contributed by atoms with Gasteiger partial charge in [0.25, 0.3) is 0 Å². The van der Waals surface area contributed by atoms with Crippen LogP contribution in [0, 0.1) is 0 Å². The molecule has 1 heterocycles. The smallest absolute Gasteiger partial charge is 0.200 e. The normalized spacial score (nSPS) is 10.3. The average Bonchev–Trinajstić information content (AvgIpc) is 2.53. The molecule has 0 radical (unpaired) electrons. The lowest BCUT2D eigenvalue weighted by molar-refractivity contribution is 1.31. The molecular formula is C9H6BrClN2. The second-order valence-corrected chi connectivity index (χ2v) is 3.87. The van der Waals surface area contributed by atoms with Gasteiger partial charge in [-0.05, 0) is 29.3 Å².